The molecule has 1 aromatic carbocycles. The van der Waals surface area contributed by atoms with Crippen LogP contribution in [0.4, 0.5) is 17.2 Å². The molecule has 1 amide bonds. The van der Waals surface area contributed by atoms with Crippen molar-refractivity contribution >= 4 is 23.1 Å². The maximum absolute atomic E-state index is 12.6. The molecule has 0 radical (unpaired) electrons. The van der Waals surface area contributed by atoms with Gasteiger partial charge in [-0.25, -0.2) is 19.6 Å². The van der Waals surface area contributed by atoms with Crippen molar-refractivity contribution in [2.24, 2.45) is 5.92 Å². The fourth-order valence-electron chi connectivity index (χ4n) is 3.38. The molecule has 9 nitrogen and oxygen atoms in total. The number of hydrogen-bond donors (Lipinski definition) is 1. The van der Waals surface area contributed by atoms with E-state index in [-0.39, 0.29) is 11.8 Å². The van der Waals surface area contributed by atoms with Gasteiger partial charge in [0, 0.05) is 43.6 Å². The van der Waals surface area contributed by atoms with Crippen LogP contribution in [-0.2, 0) is 4.79 Å². The first-order valence-corrected chi connectivity index (χ1v) is 9.75. The molecule has 0 saturated carbocycles. The molecule has 1 saturated heterocycles. The Morgan fingerprint density at radius 1 is 1.10 bits per heavy atom. The van der Waals surface area contributed by atoms with Crippen LogP contribution in [0.3, 0.4) is 0 Å². The minimum absolute atomic E-state index is 0.0300. The molecule has 0 aliphatic carbocycles. The van der Waals surface area contributed by atoms with E-state index in [4.69, 9.17) is 0 Å². The predicted molar refractivity (Wildman–Crippen MR) is 111 cm³/mol. The molecule has 3 heterocycles. The van der Waals surface area contributed by atoms with E-state index >= 15 is 0 Å². The number of aromatic nitrogens is 5. The maximum Gasteiger partial charge on any atom is 0.231 e. The largest absolute Gasteiger partial charge is 0.372 e. The summed E-state index contributed by atoms with van der Waals surface area (Å²) in [5.41, 5.74) is 1.98. The fourth-order valence-corrected chi connectivity index (χ4v) is 3.38. The molecular formula is C20H24N8O. The number of rotatable bonds is 7. The van der Waals surface area contributed by atoms with Crippen molar-refractivity contribution in [3.05, 3.63) is 49.3 Å². The molecule has 2 aromatic heterocycles. The lowest BCUT2D eigenvalue weighted by Gasteiger charge is -2.39. The SMILES string of the molecule is CCN(CC)c1ccc(NC(=O)C2CN(c3cc(-n4cncn4)ncn3)C2)cc1. The Hall–Kier alpha value is -3.49. The fraction of sp³-hybridized carbons (Fsp3) is 0.350. The molecule has 3 aromatic rings. The number of carbonyl (C=O) groups is 1. The van der Waals surface area contributed by atoms with Gasteiger partial charge in [-0.3, -0.25) is 4.79 Å². The van der Waals surface area contributed by atoms with Gasteiger partial charge >= 0.3 is 0 Å². The summed E-state index contributed by atoms with van der Waals surface area (Å²) in [6.45, 7) is 7.43. The van der Waals surface area contributed by atoms with E-state index in [9.17, 15) is 4.79 Å². The first-order valence-electron chi connectivity index (χ1n) is 9.75. The normalized spacial score (nSPS) is 13.8. The van der Waals surface area contributed by atoms with E-state index in [0.29, 0.717) is 18.9 Å². The quantitative estimate of drug-likeness (QED) is 0.657. The second kappa shape index (κ2) is 8.26. The number of benzene rings is 1. The van der Waals surface area contributed by atoms with E-state index in [1.54, 1.807) is 11.0 Å². The summed E-state index contributed by atoms with van der Waals surface area (Å²) in [5.74, 6) is 1.39. The van der Waals surface area contributed by atoms with Crippen molar-refractivity contribution in [2.45, 2.75) is 13.8 Å². The average molecular weight is 392 g/mol. The van der Waals surface area contributed by atoms with Gasteiger partial charge in [0.05, 0.1) is 5.92 Å². The second-order valence-corrected chi connectivity index (χ2v) is 6.88. The van der Waals surface area contributed by atoms with Gasteiger partial charge in [-0.1, -0.05) is 0 Å². The second-order valence-electron chi connectivity index (χ2n) is 6.88. The molecule has 0 bridgehead atoms. The highest BCUT2D eigenvalue weighted by atomic mass is 16.2. The van der Waals surface area contributed by atoms with Crippen LogP contribution in [-0.4, -0.2) is 56.8 Å². The van der Waals surface area contributed by atoms with Crippen molar-refractivity contribution in [3.8, 4) is 5.82 Å². The van der Waals surface area contributed by atoms with Crippen LogP contribution < -0.4 is 15.1 Å². The summed E-state index contributed by atoms with van der Waals surface area (Å²) in [5, 5.41) is 7.09. The molecule has 0 spiro atoms. The van der Waals surface area contributed by atoms with Crippen LogP contribution in [0.5, 0.6) is 0 Å². The third-order valence-electron chi connectivity index (χ3n) is 5.13. The monoisotopic (exact) mass is 392 g/mol. The van der Waals surface area contributed by atoms with E-state index < -0.39 is 0 Å². The zero-order valence-corrected chi connectivity index (χ0v) is 16.6. The third-order valence-corrected chi connectivity index (χ3v) is 5.13. The predicted octanol–water partition coefficient (Wildman–Crippen LogP) is 1.98. The topological polar surface area (TPSA) is 92.1 Å². The van der Waals surface area contributed by atoms with E-state index in [0.717, 1.165) is 30.3 Å². The molecule has 4 rings (SSSR count). The molecule has 9 heteroatoms. The number of nitrogens with zero attached hydrogens (tertiary/aromatic N) is 7. The summed E-state index contributed by atoms with van der Waals surface area (Å²) < 4.78 is 1.58. The number of carbonyl (C=O) groups excluding carboxylic acids is 1. The lowest BCUT2D eigenvalue weighted by Crippen LogP contribution is -2.52. The van der Waals surface area contributed by atoms with Crippen molar-refractivity contribution in [2.75, 3.05) is 41.3 Å². The lowest BCUT2D eigenvalue weighted by atomic mass is 9.99. The van der Waals surface area contributed by atoms with Crippen molar-refractivity contribution in [3.63, 3.8) is 0 Å². The Bertz CT molecular complexity index is 947. The van der Waals surface area contributed by atoms with Gasteiger partial charge in [0.2, 0.25) is 5.91 Å². The highest BCUT2D eigenvalue weighted by Crippen LogP contribution is 2.25. The maximum atomic E-state index is 12.6. The van der Waals surface area contributed by atoms with Gasteiger partial charge in [0.15, 0.2) is 5.82 Å². The van der Waals surface area contributed by atoms with Gasteiger partial charge in [-0.05, 0) is 38.1 Å². The Morgan fingerprint density at radius 3 is 2.48 bits per heavy atom. The minimum Gasteiger partial charge on any atom is -0.372 e. The van der Waals surface area contributed by atoms with Crippen LogP contribution in [0.2, 0.25) is 0 Å². The zero-order valence-electron chi connectivity index (χ0n) is 16.6. The molecule has 29 heavy (non-hydrogen) atoms. The molecule has 0 atom stereocenters. The van der Waals surface area contributed by atoms with Gasteiger partial charge in [0.25, 0.3) is 0 Å². The van der Waals surface area contributed by atoms with E-state index in [1.807, 2.05) is 30.3 Å². The van der Waals surface area contributed by atoms with Crippen molar-refractivity contribution < 1.29 is 4.79 Å². The first-order chi connectivity index (χ1) is 14.2. The smallest absolute Gasteiger partial charge is 0.231 e. The molecule has 1 fully saturated rings. The molecular weight excluding hydrogens is 368 g/mol. The molecule has 1 N–H and O–H groups in total. The average Bonchev–Trinajstić information content (AvgIpc) is 3.24. The van der Waals surface area contributed by atoms with Gasteiger partial charge in [0.1, 0.15) is 24.8 Å². The number of anilines is 3. The van der Waals surface area contributed by atoms with E-state index in [2.05, 4.69) is 49.0 Å². The highest BCUT2D eigenvalue weighted by molar-refractivity contribution is 5.94. The van der Waals surface area contributed by atoms with Crippen LogP contribution in [0.15, 0.2) is 49.3 Å². The van der Waals surface area contributed by atoms with E-state index in [1.165, 1.54) is 12.7 Å². The van der Waals surface area contributed by atoms with Gasteiger partial charge in [-0.15, -0.1) is 0 Å². The van der Waals surface area contributed by atoms with Gasteiger partial charge < -0.3 is 15.1 Å². The third kappa shape index (κ3) is 4.03. The Balaban J connectivity index is 1.33. The summed E-state index contributed by atoms with van der Waals surface area (Å²) >= 11 is 0. The zero-order chi connectivity index (χ0) is 20.2. The highest BCUT2D eigenvalue weighted by Gasteiger charge is 2.33. The van der Waals surface area contributed by atoms with Crippen LogP contribution in [0, 0.1) is 5.92 Å². The van der Waals surface area contributed by atoms with Crippen LogP contribution >= 0.6 is 0 Å². The molecule has 1 aliphatic heterocycles. The Labute approximate surface area is 169 Å². The summed E-state index contributed by atoms with van der Waals surface area (Å²) in [6, 6.07) is 9.84. The standard InChI is InChI=1S/C20H24N8O/c1-3-26(4-2)17-7-5-16(6-8-17)25-20(29)15-10-27(11-15)18-9-19(23-13-22-18)28-14-21-12-24-28/h5-9,12-15H,3-4,10-11H2,1-2H3,(H,25,29). The minimum atomic E-state index is -0.0674. The summed E-state index contributed by atoms with van der Waals surface area (Å²) in [4.78, 5) is 29.3. The first kappa shape index (κ1) is 18.9. The van der Waals surface area contributed by atoms with Crippen LogP contribution in [0.25, 0.3) is 5.82 Å². The molecule has 0 unspecified atom stereocenters. The van der Waals surface area contributed by atoms with Crippen molar-refractivity contribution in [1.82, 2.24) is 24.7 Å². The lowest BCUT2D eigenvalue weighted by molar-refractivity contribution is -0.120. The Morgan fingerprint density at radius 2 is 1.83 bits per heavy atom. The summed E-state index contributed by atoms with van der Waals surface area (Å²) in [6.07, 6.45) is 4.54. The van der Waals surface area contributed by atoms with Crippen molar-refractivity contribution in [1.29, 1.82) is 0 Å². The van der Waals surface area contributed by atoms with Gasteiger partial charge in [-0.2, -0.15) is 5.10 Å². The molecule has 150 valence electrons. The number of hydrogen-bond acceptors (Lipinski definition) is 7. The van der Waals surface area contributed by atoms with Crippen LogP contribution in [0.1, 0.15) is 13.8 Å². The summed E-state index contributed by atoms with van der Waals surface area (Å²) in [7, 11) is 0. The number of nitrogens with one attached hydrogen (secondary N) is 1. The molecule has 1 aliphatic rings. The number of amides is 1. The Kier molecular flexibility index (Phi) is 5.37.